The second kappa shape index (κ2) is 5.66. The number of benzene rings is 2. The van der Waals surface area contributed by atoms with Crippen LogP contribution in [0.5, 0.6) is 0 Å². The number of oxazole rings is 1. The molecule has 1 heterocycles. The molecule has 0 fully saturated rings. The van der Waals surface area contributed by atoms with Crippen molar-refractivity contribution < 1.29 is 8.81 Å². The van der Waals surface area contributed by atoms with E-state index in [2.05, 4.69) is 36.8 Å². The van der Waals surface area contributed by atoms with Crippen molar-refractivity contribution in [2.24, 2.45) is 0 Å². The van der Waals surface area contributed by atoms with Crippen LogP contribution < -0.4 is 0 Å². The number of halogens is 3. The molecule has 1 atom stereocenters. The highest BCUT2D eigenvalue weighted by Crippen LogP contribution is 2.32. The van der Waals surface area contributed by atoms with E-state index >= 15 is 0 Å². The van der Waals surface area contributed by atoms with Gasteiger partial charge in [0.25, 0.3) is 0 Å². The first-order chi connectivity index (χ1) is 9.65. The van der Waals surface area contributed by atoms with E-state index in [1.54, 1.807) is 12.1 Å². The molecule has 0 N–H and O–H groups in total. The smallest absolute Gasteiger partial charge is 0.196 e. The molecule has 20 heavy (non-hydrogen) atoms. The number of hydrogen-bond donors (Lipinski definition) is 0. The predicted octanol–water partition coefficient (Wildman–Crippen LogP) is 5.41. The van der Waals surface area contributed by atoms with Crippen LogP contribution in [0.4, 0.5) is 4.39 Å². The van der Waals surface area contributed by atoms with Crippen molar-refractivity contribution in [3.63, 3.8) is 0 Å². The summed E-state index contributed by atoms with van der Waals surface area (Å²) in [5, 5.41) is 0. The Labute approximate surface area is 132 Å². The van der Waals surface area contributed by atoms with Gasteiger partial charge in [-0.15, -0.1) is 0 Å². The second-order valence-electron chi connectivity index (χ2n) is 4.39. The highest BCUT2D eigenvalue weighted by atomic mass is 79.9. The molecular weight excluding hydrogens is 389 g/mol. The fourth-order valence-corrected chi connectivity index (χ4v) is 3.04. The van der Waals surface area contributed by atoms with E-state index in [1.165, 1.54) is 0 Å². The van der Waals surface area contributed by atoms with Gasteiger partial charge in [0.2, 0.25) is 0 Å². The third-order valence-corrected chi connectivity index (χ3v) is 4.44. The van der Waals surface area contributed by atoms with Crippen molar-refractivity contribution in [1.29, 1.82) is 0 Å². The van der Waals surface area contributed by atoms with E-state index in [-0.39, 0.29) is 10.6 Å². The fourth-order valence-electron chi connectivity index (χ4n) is 2.03. The topological polar surface area (TPSA) is 26.0 Å². The number of fused-ring (bicyclic) bond motifs is 1. The minimum atomic E-state index is -0.259. The number of alkyl halides is 1. The molecule has 0 radical (unpaired) electrons. The summed E-state index contributed by atoms with van der Waals surface area (Å²) >= 11 is 6.70. The Bertz CT molecular complexity index is 723. The Morgan fingerprint density at radius 2 is 1.95 bits per heavy atom. The first-order valence-corrected chi connectivity index (χ1v) is 7.78. The Balaban J connectivity index is 1.88. The van der Waals surface area contributed by atoms with Gasteiger partial charge in [-0.3, -0.25) is 0 Å². The summed E-state index contributed by atoms with van der Waals surface area (Å²) in [6.07, 6.45) is 0.488. The lowest BCUT2D eigenvalue weighted by Crippen LogP contribution is -1.99. The fraction of sp³-hybridized carbons (Fsp3) is 0.133. The molecule has 2 nitrogen and oxygen atoms in total. The Morgan fingerprint density at radius 1 is 1.15 bits per heavy atom. The van der Waals surface area contributed by atoms with E-state index in [1.807, 2.05) is 30.3 Å². The van der Waals surface area contributed by atoms with Crippen LogP contribution in [0.15, 0.2) is 51.4 Å². The van der Waals surface area contributed by atoms with E-state index in [0.29, 0.717) is 22.3 Å². The van der Waals surface area contributed by atoms with Crippen molar-refractivity contribution in [3.8, 4) is 0 Å². The standard InChI is InChI=1S/C15H10Br2FNO/c16-10-5-3-4-9(15(10)18)11(17)8-14-19-12-6-1-2-7-13(12)20-14/h1-7,11H,8H2. The lowest BCUT2D eigenvalue weighted by Gasteiger charge is -2.09. The van der Waals surface area contributed by atoms with Gasteiger partial charge >= 0.3 is 0 Å². The summed E-state index contributed by atoms with van der Waals surface area (Å²) in [7, 11) is 0. The zero-order chi connectivity index (χ0) is 14.1. The number of rotatable bonds is 3. The van der Waals surface area contributed by atoms with E-state index < -0.39 is 0 Å². The molecule has 2 aromatic carbocycles. The van der Waals surface area contributed by atoms with E-state index in [9.17, 15) is 4.39 Å². The van der Waals surface area contributed by atoms with Crippen molar-refractivity contribution in [1.82, 2.24) is 4.98 Å². The van der Waals surface area contributed by atoms with Gasteiger partial charge in [-0.1, -0.05) is 40.2 Å². The average Bonchev–Trinajstić information content (AvgIpc) is 2.83. The second-order valence-corrected chi connectivity index (χ2v) is 6.35. The van der Waals surface area contributed by atoms with Gasteiger partial charge in [-0.25, -0.2) is 9.37 Å². The normalized spacial score (nSPS) is 12.8. The maximum Gasteiger partial charge on any atom is 0.196 e. The van der Waals surface area contributed by atoms with Gasteiger partial charge in [-0.2, -0.15) is 0 Å². The molecule has 1 unspecified atom stereocenters. The zero-order valence-corrected chi connectivity index (χ0v) is 13.5. The summed E-state index contributed by atoms with van der Waals surface area (Å²) in [4.78, 5) is 4.21. The maximum atomic E-state index is 14.0. The monoisotopic (exact) mass is 397 g/mol. The summed E-state index contributed by atoms with van der Waals surface area (Å²) in [5.41, 5.74) is 2.15. The Kier molecular flexibility index (Phi) is 3.89. The minimum Gasteiger partial charge on any atom is -0.441 e. The van der Waals surface area contributed by atoms with Gasteiger partial charge in [0.05, 0.1) is 9.30 Å². The number of aromatic nitrogens is 1. The van der Waals surface area contributed by atoms with Crippen molar-refractivity contribution >= 4 is 43.0 Å². The van der Waals surface area contributed by atoms with Gasteiger partial charge in [0, 0.05) is 12.0 Å². The van der Waals surface area contributed by atoms with Crippen LogP contribution in [0, 0.1) is 5.82 Å². The van der Waals surface area contributed by atoms with Gasteiger partial charge in [-0.05, 0) is 34.1 Å². The largest absolute Gasteiger partial charge is 0.441 e. The molecule has 0 amide bonds. The summed E-state index contributed by atoms with van der Waals surface area (Å²) < 4.78 is 20.1. The van der Waals surface area contributed by atoms with Crippen LogP contribution in [-0.2, 0) is 6.42 Å². The molecule has 1 aromatic heterocycles. The Hall–Kier alpha value is -1.20. The molecule has 0 aliphatic carbocycles. The first kappa shape index (κ1) is 13.8. The lowest BCUT2D eigenvalue weighted by molar-refractivity contribution is 0.522. The molecule has 0 saturated carbocycles. The van der Waals surface area contributed by atoms with Crippen LogP contribution in [0.2, 0.25) is 0 Å². The SMILES string of the molecule is Fc1c(Br)cccc1C(Br)Cc1nc2ccccc2o1. The van der Waals surface area contributed by atoms with Crippen LogP contribution >= 0.6 is 31.9 Å². The van der Waals surface area contributed by atoms with Gasteiger partial charge < -0.3 is 4.42 Å². The van der Waals surface area contributed by atoms with Crippen molar-refractivity contribution in [2.75, 3.05) is 0 Å². The molecule has 0 aliphatic rings. The number of para-hydroxylation sites is 2. The third-order valence-electron chi connectivity index (χ3n) is 3.01. The molecule has 0 saturated heterocycles. The number of nitrogens with zero attached hydrogens (tertiary/aromatic N) is 1. The summed E-state index contributed by atoms with van der Waals surface area (Å²) in [5.74, 6) is 0.331. The summed E-state index contributed by atoms with van der Waals surface area (Å²) in [6.45, 7) is 0. The zero-order valence-electron chi connectivity index (χ0n) is 10.3. The van der Waals surface area contributed by atoms with E-state index in [4.69, 9.17) is 4.42 Å². The van der Waals surface area contributed by atoms with Crippen LogP contribution in [0.3, 0.4) is 0 Å². The molecule has 3 rings (SSSR count). The maximum absolute atomic E-state index is 14.0. The van der Waals surface area contributed by atoms with Crippen molar-refractivity contribution in [3.05, 3.63) is 64.2 Å². The molecule has 3 aromatic rings. The Morgan fingerprint density at radius 3 is 2.75 bits per heavy atom. The van der Waals surface area contributed by atoms with Crippen LogP contribution in [-0.4, -0.2) is 4.98 Å². The number of hydrogen-bond acceptors (Lipinski definition) is 2. The molecule has 102 valence electrons. The van der Waals surface area contributed by atoms with Crippen LogP contribution in [0.1, 0.15) is 16.3 Å². The molecular formula is C15H10Br2FNO. The lowest BCUT2D eigenvalue weighted by atomic mass is 10.1. The quantitative estimate of drug-likeness (QED) is 0.551. The average molecular weight is 399 g/mol. The molecule has 0 bridgehead atoms. The first-order valence-electron chi connectivity index (χ1n) is 6.07. The minimum absolute atomic E-state index is 0.187. The molecule has 0 spiro atoms. The van der Waals surface area contributed by atoms with Crippen molar-refractivity contribution in [2.45, 2.75) is 11.2 Å². The summed E-state index contributed by atoms with van der Waals surface area (Å²) in [6, 6.07) is 12.8. The predicted molar refractivity (Wildman–Crippen MR) is 83.5 cm³/mol. The van der Waals surface area contributed by atoms with E-state index in [0.717, 1.165) is 11.1 Å². The molecule has 5 heteroatoms. The van der Waals surface area contributed by atoms with Crippen LogP contribution in [0.25, 0.3) is 11.1 Å². The third kappa shape index (κ3) is 2.65. The van der Waals surface area contributed by atoms with Gasteiger partial charge in [0.1, 0.15) is 11.3 Å². The molecule has 0 aliphatic heterocycles. The highest BCUT2D eigenvalue weighted by molar-refractivity contribution is 9.10. The highest BCUT2D eigenvalue weighted by Gasteiger charge is 2.17. The van der Waals surface area contributed by atoms with Gasteiger partial charge in [0.15, 0.2) is 11.5 Å².